The van der Waals surface area contributed by atoms with Crippen molar-refractivity contribution in [1.29, 1.82) is 0 Å². The molecule has 1 amide bonds. The van der Waals surface area contributed by atoms with Crippen LogP contribution in [0.1, 0.15) is 42.0 Å². The molecule has 5 rings (SSSR count). The Bertz CT molecular complexity index is 1320. The van der Waals surface area contributed by atoms with Crippen LogP contribution >= 0.6 is 23.4 Å². The number of hydrogen-bond acceptors (Lipinski definition) is 5. The molecule has 2 atom stereocenters. The molecule has 0 bridgehead atoms. The molecule has 38 heavy (non-hydrogen) atoms. The number of fused-ring (bicyclic) bond motifs is 1. The predicted octanol–water partition coefficient (Wildman–Crippen LogP) is 7.41. The van der Waals surface area contributed by atoms with Crippen molar-refractivity contribution in [3.8, 4) is 11.5 Å². The van der Waals surface area contributed by atoms with Gasteiger partial charge >= 0.3 is 0 Å². The zero-order valence-corrected chi connectivity index (χ0v) is 23.2. The van der Waals surface area contributed by atoms with Gasteiger partial charge in [-0.15, -0.1) is 11.8 Å². The van der Waals surface area contributed by atoms with E-state index in [-0.39, 0.29) is 17.9 Å². The predicted molar refractivity (Wildman–Crippen MR) is 156 cm³/mol. The third-order valence-electron chi connectivity index (χ3n) is 7.08. The molecule has 7 heteroatoms. The summed E-state index contributed by atoms with van der Waals surface area (Å²) in [5.41, 5.74) is 5.56. The molecular weight excluding hydrogens is 516 g/mol. The molecule has 1 aliphatic carbocycles. The Balaban J connectivity index is 1.40. The summed E-state index contributed by atoms with van der Waals surface area (Å²) in [6.07, 6.45) is 5.21. The first-order chi connectivity index (χ1) is 18.6. The molecule has 1 aliphatic heterocycles. The minimum Gasteiger partial charge on any atom is -0.497 e. The Morgan fingerprint density at radius 3 is 2.32 bits per heavy atom. The Morgan fingerprint density at radius 1 is 1.00 bits per heavy atom. The SMILES string of the molecule is COc1ccc(/C=C2/CCCC3C2=NN(C(=O)CSCc2ccc(Cl)cc2)C3c2ccc(OC)cc2)cc1. The number of nitrogens with zero attached hydrogens (tertiary/aromatic N) is 2. The summed E-state index contributed by atoms with van der Waals surface area (Å²) >= 11 is 7.61. The van der Waals surface area contributed by atoms with Crippen LogP contribution in [-0.2, 0) is 10.5 Å². The van der Waals surface area contributed by atoms with Gasteiger partial charge in [-0.2, -0.15) is 5.10 Å². The van der Waals surface area contributed by atoms with Gasteiger partial charge in [0.05, 0.1) is 31.7 Å². The summed E-state index contributed by atoms with van der Waals surface area (Å²) in [6, 6.07) is 23.7. The van der Waals surface area contributed by atoms with E-state index < -0.39 is 0 Å². The van der Waals surface area contributed by atoms with Crippen LogP contribution in [0.3, 0.4) is 0 Å². The monoisotopic (exact) mass is 546 g/mol. The summed E-state index contributed by atoms with van der Waals surface area (Å²) in [4.78, 5) is 13.6. The fraction of sp³-hybridized carbons (Fsp3) is 0.290. The average Bonchev–Trinajstić information content (AvgIpc) is 3.35. The van der Waals surface area contributed by atoms with E-state index in [0.29, 0.717) is 10.8 Å². The minimum absolute atomic E-state index is 0.0236. The Labute approximate surface area is 233 Å². The van der Waals surface area contributed by atoms with E-state index in [1.54, 1.807) is 31.0 Å². The van der Waals surface area contributed by atoms with Gasteiger partial charge in [0.2, 0.25) is 0 Å². The highest BCUT2D eigenvalue weighted by Gasteiger charge is 2.43. The number of benzene rings is 3. The summed E-state index contributed by atoms with van der Waals surface area (Å²) < 4.78 is 10.7. The lowest BCUT2D eigenvalue weighted by Crippen LogP contribution is -2.32. The van der Waals surface area contributed by atoms with Crippen molar-refractivity contribution < 1.29 is 14.3 Å². The second kappa shape index (κ2) is 12.1. The molecular formula is C31H31ClN2O3S. The molecule has 3 aromatic rings. The van der Waals surface area contributed by atoms with Crippen LogP contribution in [0.2, 0.25) is 5.02 Å². The molecule has 0 aromatic heterocycles. The molecule has 0 N–H and O–H groups in total. The molecule has 3 aromatic carbocycles. The molecule has 2 aliphatic rings. The molecule has 0 saturated heterocycles. The van der Waals surface area contributed by atoms with Crippen molar-refractivity contribution in [2.75, 3.05) is 20.0 Å². The van der Waals surface area contributed by atoms with Crippen LogP contribution in [0.5, 0.6) is 11.5 Å². The number of thioether (sulfide) groups is 1. The quantitative estimate of drug-likeness (QED) is 0.295. The maximum absolute atomic E-state index is 13.6. The van der Waals surface area contributed by atoms with Crippen LogP contribution in [0, 0.1) is 5.92 Å². The molecule has 1 fully saturated rings. The fourth-order valence-corrected chi connectivity index (χ4v) is 6.11. The van der Waals surface area contributed by atoms with E-state index in [1.807, 2.05) is 48.5 Å². The summed E-state index contributed by atoms with van der Waals surface area (Å²) in [5, 5.41) is 7.46. The lowest BCUT2D eigenvalue weighted by molar-refractivity contribution is -0.130. The van der Waals surface area contributed by atoms with Gasteiger partial charge in [-0.1, -0.05) is 48.0 Å². The van der Waals surface area contributed by atoms with Crippen LogP contribution in [-0.4, -0.2) is 36.6 Å². The molecule has 2 unspecified atom stereocenters. The zero-order valence-electron chi connectivity index (χ0n) is 21.6. The average molecular weight is 547 g/mol. The first-order valence-electron chi connectivity index (χ1n) is 12.8. The van der Waals surface area contributed by atoms with Crippen LogP contribution < -0.4 is 9.47 Å². The molecule has 1 heterocycles. The van der Waals surface area contributed by atoms with E-state index in [1.165, 1.54) is 5.57 Å². The highest BCUT2D eigenvalue weighted by atomic mass is 35.5. The fourth-order valence-electron chi connectivity index (χ4n) is 5.15. The van der Waals surface area contributed by atoms with E-state index in [9.17, 15) is 4.79 Å². The van der Waals surface area contributed by atoms with Crippen LogP contribution in [0.25, 0.3) is 6.08 Å². The number of halogens is 1. The van der Waals surface area contributed by atoms with Crippen LogP contribution in [0.4, 0.5) is 0 Å². The smallest absolute Gasteiger partial charge is 0.253 e. The molecule has 0 radical (unpaired) electrons. The van der Waals surface area contributed by atoms with Gasteiger partial charge in [0.25, 0.3) is 5.91 Å². The lowest BCUT2D eigenvalue weighted by atomic mass is 9.77. The number of rotatable bonds is 8. The summed E-state index contributed by atoms with van der Waals surface area (Å²) in [7, 11) is 3.34. The van der Waals surface area contributed by atoms with Gasteiger partial charge in [-0.25, -0.2) is 5.01 Å². The number of carbonyl (C=O) groups excluding carboxylic acids is 1. The first kappa shape index (κ1) is 26.4. The van der Waals surface area contributed by atoms with Gasteiger partial charge in [-0.05, 0) is 84.0 Å². The van der Waals surface area contributed by atoms with Gasteiger partial charge in [-0.3, -0.25) is 4.79 Å². The number of methoxy groups -OCH3 is 2. The maximum Gasteiger partial charge on any atom is 0.253 e. The van der Waals surface area contributed by atoms with E-state index in [2.05, 4.69) is 30.3 Å². The largest absolute Gasteiger partial charge is 0.497 e. The Morgan fingerprint density at radius 2 is 1.66 bits per heavy atom. The van der Waals surface area contributed by atoms with E-state index in [4.69, 9.17) is 26.2 Å². The highest BCUT2D eigenvalue weighted by Crippen LogP contribution is 2.45. The van der Waals surface area contributed by atoms with Crippen molar-refractivity contribution in [2.24, 2.45) is 11.0 Å². The van der Waals surface area contributed by atoms with Gasteiger partial charge in [0.1, 0.15) is 11.5 Å². The highest BCUT2D eigenvalue weighted by molar-refractivity contribution is 7.99. The number of carbonyl (C=O) groups is 1. The van der Waals surface area contributed by atoms with Crippen molar-refractivity contribution in [3.05, 3.63) is 100 Å². The number of hydrogen-bond donors (Lipinski definition) is 0. The second-order valence-corrected chi connectivity index (χ2v) is 10.9. The standard InChI is InChI=1S/C31H31ClN2O3S/c1-36-26-14-8-21(9-15-26)18-24-4-3-5-28-30(24)33-34(31(28)23-10-16-27(37-2)17-11-23)29(35)20-38-19-22-6-12-25(32)13-7-22/h6-18,28,31H,3-5,19-20H2,1-2H3/b24-18-. The summed E-state index contributed by atoms with van der Waals surface area (Å²) in [5.74, 6) is 2.91. The van der Waals surface area contributed by atoms with E-state index >= 15 is 0 Å². The number of ether oxygens (including phenoxy) is 2. The van der Waals surface area contributed by atoms with Gasteiger partial charge in [0.15, 0.2) is 0 Å². The number of amides is 1. The van der Waals surface area contributed by atoms with Crippen molar-refractivity contribution in [1.82, 2.24) is 5.01 Å². The summed E-state index contributed by atoms with van der Waals surface area (Å²) in [6.45, 7) is 0. The third-order valence-corrected chi connectivity index (χ3v) is 8.32. The molecule has 1 saturated carbocycles. The van der Waals surface area contributed by atoms with Gasteiger partial charge in [0, 0.05) is 16.7 Å². The normalized spacial score (nSPS) is 19.7. The maximum atomic E-state index is 13.6. The van der Waals surface area contributed by atoms with E-state index in [0.717, 1.165) is 58.9 Å². The number of allylic oxidation sites excluding steroid dienone is 1. The minimum atomic E-state index is -0.126. The zero-order chi connectivity index (χ0) is 26.5. The molecule has 5 nitrogen and oxygen atoms in total. The van der Waals surface area contributed by atoms with Crippen molar-refractivity contribution >= 4 is 41.1 Å². The van der Waals surface area contributed by atoms with Crippen molar-refractivity contribution in [3.63, 3.8) is 0 Å². The molecule has 0 spiro atoms. The third kappa shape index (κ3) is 5.92. The Kier molecular flexibility index (Phi) is 8.40. The second-order valence-electron chi connectivity index (χ2n) is 9.50. The lowest BCUT2D eigenvalue weighted by Gasteiger charge is -2.29. The number of hydrazone groups is 1. The Hall–Kier alpha value is -3.22. The first-order valence-corrected chi connectivity index (χ1v) is 14.3. The van der Waals surface area contributed by atoms with Crippen LogP contribution in [0.15, 0.2) is 83.5 Å². The topological polar surface area (TPSA) is 51.1 Å². The van der Waals surface area contributed by atoms with Gasteiger partial charge < -0.3 is 9.47 Å². The van der Waals surface area contributed by atoms with Crippen molar-refractivity contribution in [2.45, 2.75) is 31.1 Å². The molecule has 196 valence electrons.